The van der Waals surface area contributed by atoms with Gasteiger partial charge in [0.15, 0.2) is 9.84 Å². The van der Waals surface area contributed by atoms with Crippen LogP contribution in [0.4, 0.5) is 0 Å². The molecule has 19 heavy (non-hydrogen) atoms. The summed E-state index contributed by atoms with van der Waals surface area (Å²) in [5.41, 5.74) is 0.697. The summed E-state index contributed by atoms with van der Waals surface area (Å²) in [6.45, 7) is 3.78. The van der Waals surface area contributed by atoms with Crippen molar-refractivity contribution < 1.29 is 13.2 Å². The summed E-state index contributed by atoms with van der Waals surface area (Å²) < 4.78 is 23.7. The molecular formula is C14H25NO3S. The highest BCUT2D eigenvalue weighted by Crippen LogP contribution is 2.28. The second-order valence-corrected chi connectivity index (χ2v) is 7.70. The SMILES string of the molecule is CC/C=C(\C)C(=O)N(C)[C@H]1CCCC[C@@H]1S(C)(=O)=O. The molecule has 0 aliphatic heterocycles. The number of rotatable bonds is 4. The highest BCUT2D eigenvalue weighted by molar-refractivity contribution is 7.91. The lowest BCUT2D eigenvalue weighted by Gasteiger charge is -2.37. The number of likely N-dealkylation sites (N-methyl/N-ethyl adjacent to an activating group) is 1. The number of allylic oxidation sites excluding steroid dienone is 1. The predicted molar refractivity (Wildman–Crippen MR) is 77.7 cm³/mol. The Morgan fingerprint density at radius 3 is 2.42 bits per heavy atom. The van der Waals surface area contributed by atoms with Crippen molar-refractivity contribution >= 4 is 15.7 Å². The van der Waals surface area contributed by atoms with Crippen LogP contribution in [-0.4, -0.2) is 43.8 Å². The molecule has 110 valence electrons. The molecule has 0 aromatic rings. The van der Waals surface area contributed by atoms with E-state index in [-0.39, 0.29) is 11.9 Å². The van der Waals surface area contributed by atoms with Crippen LogP contribution in [0.1, 0.15) is 46.0 Å². The highest BCUT2D eigenvalue weighted by Gasteiger charge is 2.36. The Morgan fingerprint density at radius 2 is 1.89 bits per heavy atom. The van der Waals surface area contributed by atoms with Gasteiger partial charge in [-0.1, -0.05) is 25.8 Å². The van der Waals surface area contributed by atoms with Gasteiger partial charge in [0, 0.05) is 24.9 Å². The van der Waals surface area contributed by atoms with E-state index in [4.69, 9.17) is 0 Å². The first-order valence-corrected chi connectivity index (χ1v) is 8.87. The molecule has 0 heterocycles. The molecule has 0 spiro atoms. The van der Waals surface area contributed by atoms with Crippen LogP contribution in [0.15, 0.2) is 11.6 Å². The normalized spacial score (nSPS) is 25.2. The number of hydrogen-bond acceptors (Lipinski definition) is 3. The molecule has 1 saturated carbocycles. The van der Waals surface area contributed by atoms with Crippen molar-refractivity contribution in [2.24, 2.45) is 0 Å². The fourth-order valence-electron chi connectivity index (χ4n) is 2.84. The van der Waals surface area contributed by atoms with E-state index in [9.17, 15) is 13.2 Å². The van der Waals surface area contributed by atoms with Crippen molar-refractivity contribution in [1.29, 1.82) is 0 Å². The maximum absolute atomic E-state index is 12.3. The smallest absolute Gasteiger partial charge is 0.249 e. The third-order valence-electron chi connectivity index (χ3n) is 3.88. The minimum Gasteiger partial charge on any atom is -0.338 e. The molecule has 1 aliphatic carbocycles. The van der Waals surface area contributed by atoms with E-state index in [0.717, 1.165) is 25.7 Å². The van der Waals surface area contributed by atoms with E-state index in [1.165, 1.54) is 6.26 Å². The Bertz CT molecular complexity index is 453. The van der Waals surface area contributed by atoms with Crippen molar-refractivity contribution in [3.63, 3.8) is 0 Å². The second kappa shape index (κ2) is 6.55. The maximum Gasteiger partial charge on any atom is 0.249 e. The van der Waals surface area contributed by atoms with Gasteiger partial charge in [0.25, 0.3) is 0 Å². The number of sulfone groups is 1. The van der Waals surface area contributed by atoms with Gasteiger partial charge in [0.2, 0.25) is 5.91 Å². The Balaban J connectivity index is 2.92. The number of hydrogen-bond donors (Lipinski definition) is 0. The molecule has 1 fully saturated rings. The van der Waals surface area contributed by atoms with Crippen LogP contribution in [0, 0.1) is 0 Å². The summed E-state index contributed by atoms with van der Waals surface area (Å²) in [5, 5.41) is -0.412. The summed E-state index contributed by atoms with van der Waals surface area (Å²) in [5.74, 6) is -0.0533. The lowest BCUT2D eigenvalue weighted by Crippen LogP contribution is -2.49. The van der Waals surface area contributed by atoms with Crippen LogP contribution in [0.2, 0.25) is 0 Å². The zero-order valence-electron chi connectivity index (χ0n) is 12.3. The molecule has 2 atom stereocenters. The average Bonchev–Trinajstić information content (AvgIpc) is 2.36. The fraction of sp³-hybridized carbons (Fsp3) is 0.786. The lowest BCUT2D eigenvalue weighted by molar-refractivity contribution is -0.128. The predicted octanol–water partition coefficient (Wildman–Crippen LogP) is 2.16. The third-order valence-corrected chi connectivity index (χ3v) is 5.53. The number of amides is 1. The standard InChI is InChI=1S/C14H25NO3S/c1-5-8-11(2)14(16)15(3)12-9-6-7-10-13(12)19(4,17)18/h8,12-13H,5-7,9-10H2,1-4H3/b11-8+/t12-,13-/m0/s1. The molecule has 0 N–H and O–H groups in total. The van der Waals surface area contributed by atoms with Crippen LogP contribution in [-0.2, 0) is 14.6 Å². The molecule has 0 bridgehead atoms. The topological polar surface area (TPSA) is 54.5 Å². The molecule has 0 aromatic heterocycles. The van der Waals surface area contributed by atoms with Gasteiger partial charge in [-0.25, -0.2) is 8.42 Å². The summed E-state index contributed by atoms with van der Waals surface area (Å²) >= 11 is 0. The molecule has 0 saturated heterocycles. The minimum absolute atomic E-state index is 0.0533. The Kier molecular flexibility index (Phi) is 5.59. The quantitative estimate of drug-likeness (QED) is 0.745. The number of nitrogens with zero attached hydrogens (tertiary/aromatic N) is 1. The van der Waals surface area contributed by atoms with Gasteiger partial charge in [-0.2, -0.15) is 0 Å². The van der Waals surface area contributed by atoms with Crippen molar-refractivity contribution in [2.75, 3.05) is 13.3 Å². The molecule has 1 aliphatic rings. The van der Waals surface area contributed by atoms with Gasteiger partial charge in [0.05, 0.1) is 5.25 Å². The van der Waals surface area contributed by atoms with E-state index < -0.39 is 15.1 Å². The van der Waals surface area contributed by atoms with Gasteiger partial charge in [-0.15, -0.1) is 0 Å². The molecule has 1 rings (SSSR count). The zero-order chi connectivity index (χ0) is 14.6. The molecule has 1 amide bonds. The molecular weight excluding hydrogens is 262 g/mol. The van der Waals surface area contributed by atoms with E-state index in [1.54, 1.807) is 18.9 Å². The van der Waals surface area contributed by atoms with Crippen LogP contribution in [0.25, 0.3) is 0 Å². The first-order valence-electron chi connectivity index (χ1n) is 6.91. The lowest BCUT2D eigenvalue weighted by atomic mass is 9.93. The molecule has 5 heteroatoms. The van der Waals surface area contributed by atoms with Crippen molar-refractivity contribution in [3.05, 3.63) is 11.6 Å². The van der Waals surface area contributed by atoms with Gasteiger partial charge in [0.1, 0.15) is 0 Å². The first kappa shape index (κ1) is 16.2. The summed E-state index contributed by atoms with van der Waals surface area (Å²) in [6, 6.07) is -0.184. The molecule has 4 nitrogen and oxygen atoms in total. The minimum atomic E-state index is -3.10. The fourth-order valence-corrected chi connectivity index (χ4v) is 4.33. The average molecular weight is 287 g/mol. The van der Waals surface area contributed by atoms with Gasteiger partial charge >= 0.3 is 0 Å². The van der Waals surface area contributed by atoms with E-state index in [2.05, 4.69) is 0 Å². The molecule has 0 unspecified atom stereocenters. The number of carbonyl (C=O) groups excluding carboxylic acids is 1. The first-order chi connectivity index (χ1) is 8.79. The van der Waals surface area contributed by atoms with E-state index in [1.807, 2.05) is 13.0 Å². The van der Waals surface area contributed by atoms with Gasteiger partial charge in [-0.3, -0.25) is 4.79 Å². The largest absolute Gasteiger partial charge is 0.338 e. The Labute approximate surface area is 116 Å². The zero-order valence-corrected chi connectivity index (χ0v) is 13.2. The highest BCUT2D eigenvalue weighted by atomic mass is 32.2. The van der Waals surface area contributed by atoms with E-state index >= 15 is 0 Å². The Hall–Kier alpha value is -0.840. The van der Waals surface area contributed by atoms with E-state index in [0.29, 0.717) is 12.0 Å². The second-order valence-electron chi connectivity index (χ2n) is 5.43. The molecule has 0 radical (unpaired) electrons. The van der Waals surface area contributed by atoms with Gasteiger partial charge in [-0.05, 0) is 26.2 Å². The monoisotopic (exact) mass is 287 g/mol. The summed E-state index contributed by atoms with van der Waals surface area (Å²) in [7, 11) is -1.38. The Morgan fingerprint density at radius 1 is 1.32 bits per heavy atom. The van der Waals surface area contributed by atoms with Gasteiger partial charge < -0.3 is 4.90 Å². The van der Waals surface area contributed by atoms with Crippen LogP contribution in [0.3, 0.4) is 0 Å². The van der Waals surface area contributed by atoms with Crippen molar-refractivity contribution in [1.82, 2.24) is 4.90 Å². The third kappa shape index (κ3) is 4.06. The number of carbonyl (C=O) groups is 1. The van der Waals surface area contributed by atoms with Crippen LogP contribution in [0.5, 0.6) is 0 Å². The van der Waals surface area contributed by atoms with Crippen LogP contribution >= 0.6 is 0 Å². The van der Waals surface area contributed by atoms with Crippen LogP contribution < -0.4 is 0 Å². The summed E-state index contributed by atoms with van der Waals surface area (Å²) in [4.78, 5) is 13.9. The maximum atomic E-state index is 12.3. The molecule has 0 aromatic carbocycles. The van der Waals surface area contributed by atoms with Crippen molar-refractivity contribution in [3.8, 4) is 0 Å². The summed E-state index contributed by atoms with van der Waals surface area (Å²) in [6.07, 6.45) is 7.34. The van der Waals surface area contributed by atoms with Crippen molar-refractivity contribution in [2.45, 2.75) is 57.2 Å².